The summed E-state index contributed by atoms with van der Waals surface area (Å²) in [5.74, 6) is 0. The lowest BCUT2D eigenvalue weighted by Gasteiger charge is -1.94. The molecule has 5 heteroatoms. The van der Waals surface area contributed by atoms with Gasteiger partial charge in [-0.1, -0.05) is 0 Å². The van der Waals surface area contributed by atoms with E-state index in [9.17, 15) is 0 Å². The van der Waals surface area contributed by atoms with Gasteiger partial charge in [-0.15, -0.1) is 11.3 Å². The maximum Gasteiger partial charge on any atom is 0.137 e. The first-order chi connectivity index (χ1) is 5.84. The fourth-order valence-corrected chi connectivity index (χ4v) is 2.35. The molecular formula is C7H6BrN3S. The van der Waals surface area contributed by atoms with E-state index in [1.807, 2.05) is 0 Å². The van der Waals surface area contributed by atoms with Crippen LogP contribution in [0.1, 0.15) is 4.88 Å². The lowest BCUT2D eigenvalue weighted by Crippen LogP contribution is -1.97. The Morgan fingerprint density at radius 2 is 2.50 bits per heavy atom. The van der Waals surface area contributed by atoms with Gasteiger partial charge >= 0.3 is 0 Å². The van der Waals surface area contributed by atoms with Crippen LogP contribution in [0.3, 0.4) is 0 Å². The van der Waals surface area contributed by atoms with Crippen molar-refractivity contribution in [1.29, 1.82) is 0 Å². The molecule has 0 radical (unpaired) electrons. The van der Waals surface area contributed by atoms with Gasteiger partial charge in [-0.25, -0.2) is 9.67 Å². The van der Waals surface area contributed by atoms with E-state index in [1.165, 1.54) is 4.88 Å². The molecule has 2 rings (SSSR count). The lowest BCUT2D eigenvalue weighted by atomic mass is 10.5. The molecule has 0 N–H and O–H groups in total. The average Bonchev–Trinajstić information content (AvgIpc) is 2.63. The zero-order chi connectivity index (χ0) is 8.39. The summed E-state index contributed by atoms with van der Waals surface area (Å²) in [4.78, 5) is 5.14. The lowest BCUT2D eigenvalue weighted by molar-refractivity contribution is 0.692. The first kappa shape index (κ1) is 7.94. The van der Waals surface area contributed by atoms with Crippen LogP contribution in [0.15, 0.2) is 28.6 Å². The topological polar surface area (TPSA) is 30.7 Å². The summed E-state index contributed by atoms with van der Waals surface area (Å²) < 4.78 is 2.93. The maximum absolute atomic E-state index is 4.02. The number of hydrogen-bond donors (Lipinski definition) is 0. The van der Waals surface area contributed by atoms with Crippen LogP contribution in [0.25, 0.3) is 0 Å². The number of thiophene rings is 1. The molecule has 0 aliphatic heterocycles. The highest BCUT2D eigenvalue weighted by Gasteiger charge is 1.98. The molecule has 2 aromatic rings. The second-order valence-corrected chi connectivity index (χ2v) is 4.24. The molecule has 0 amide bonds. The molecule has 2 aromatic heterocycles. The molecule has 62 valence electrons. The monoisotopic (exact) mass is 243 g/mol. The Bertz CT molecular complexity index is 354. The number of rotatable bonds is 2. The van der Waals surface area contributed by atoms with E-state index in [0.29, 0.717) is 0 Å². The Morgan fingerprint density at radius 3 is 3.08 bits per heavy atom. The van der Waals surface area contributed by atoms with E-state index in [4.69, 9.17) is 0 Å². The van der Waals surface area contributed by atoms with Crippen molar-refractivity contribution in [2.45, 2.75) is 6.54 Å². The van der Waals surface area contributed by atoms with Gasteiger partial charge in [0.05, 0.1) is 6.54 Å². The Labute approximate surface area is 82.2 Å². The molecule has 0 aliphatic carbocycles. The van der Waals surface area contributed by atoms with Crippen molar-refractivity contribution in [2.75, 3.05) is 0 Å². The van der Waals surface area contributed by atoms with Gasteiger partial charge in [-0.2, -0.15) is 5.10 Å². The first-order valence-electron chi connectivity index (χ1n) is 3.40. The molecule has 12 heavy (non-hydrogen) atoms. The summed E-state index contributed by atoms with van der Waals surface area (Å²) in [5, 5.41) is 6.08. The van der Waals surface area contributed by atoms with E-state index >= 15 is 0 Å². The summed E-state index contributed by atoms with van der Waals surface area (Å²) in [6.45, 7) is 0.802. The van der Waals surface area contributed by atoms with Crippen LogP contribution in [0.5, 0.6) is 0 Å². The van der Waals surface area contributed by atoms with Gasteiger partial charge in [-0.05, 0) is 22.0 Å². The van der Waals surface area contributed by atoms with Crippen molar-refractivity contribution in [2.24, 2.45) is 0 Å². The van der Waals surface area contributed by atoms with Crippen molar-refractivity contribution >= 4 is 27.3 Å². The Kier molecular flexibility index (Phi) is 2.23. The van der Waals surface area contributed by atoms with Crippen molar-refractivity contribution in [3.63, 3.8) is 0 Å². The molecule has 2 heterocycles. The van der Waals surface area contributed by atoms with E-state index in [1.54, 1.807) is 28.7 Å². The van der Waals surface area contributed by atoms with Gasteiger partial charge in [0, 0.05) is 14.7 Å². The predicted octanol–water partition coefficient (Wildman–Crippen LogP) is 2.15. The number of aromatic nitrogens is 3. The molecule has 3 nitrogen and oxygen atoms in total. The van der Waals surface area contributed by atoms with Gasteiger partial charge in [-0.3, -0.25) is 0 Å². The zero-order valence-corrected chi connectivity index (χ0v) is 8.55. The van der Waals surface area contributed by atoms with Gasteiger partial charge in [0.1, 0.15) is 12.7 Å². The smallest absolute Gasteiger partial charge is 0.137 e. The third-order valence-corrected chi connectivity index (χ3v) is 3.09. The molecule has 0 saturated heterocycles. The molecule has 0 unspecified atom stereocenters. The SMILES string of the molecule is Brc1csc(Cn2cncn2)c1. The van der Waals surface area contributed by atoms with Gasteiger partial charge in [0.2, 0.25) is 0 Å². The molecule has 0 fully saturated rings. The zero-order valence-electron chi connectivity index (χ0n) is 6.14. The van der Waals surface area contributed by atoms with Crippen LogP contribution in [-0.4, -0.2) is 14.8 Å². The van der Waals surface area contributed by atoms with Gasteiger partial charge in [0.15, 0.2) is 0 Å². The highest BCUT2D eigenvalue weighted by atomic mass is 79.9. The Hall–Kier alpha value is -0.680. The van der Waals surface area contributed by atoms with Crippen molar-refractivity contribution in [1.82, 2.24) is 14.8 Å². The fourth-order valence-electron chi connectivity index (χ4n) is 0.911. The van der Waals surface area contributed by atoms with E-state index in [0.717, 1.165) is 11.0 Å². The van der Waals surface area contributed by atoms with Crippen LogP contribution in [-0.2, 0) is 6.54 Å². The summed E-state index contributed by atoms with van der Waals surface area (Å²) in [6.07, 6.45) is 3.26. The van der Waals surface area contributed by atoms with Crippen LogP contribution in [0, 0.1) is 0 Å². The average molecular weight is 244 g/mol. The van der Waals surface area contributed by atoms with Crippen LogP contribution in [0.2, 0.25) is 0 Å². The minimum atomic E-state index is 0.802. The highest BCUT2D eigenvalue weighted by molar-refractivity contribution is 9.10. The predicted molar refractivity (Wildman–Crippen MR) is 51.1 cm³/mol. The van der Waals surface area contributed by atoms with E-state index in [-0.39, 0.29) is 0 Å². The molecule has 0 spiro atoms. The number of nitrogens with zero attached hydrogens (tertiary/aromatic N) is 3. The molecule has 0 bridgehead atoms. The summed E-state index contributed by atoms with van der Waals surface area (Å²) in [5.41, 5.74) is 0. The van der Waals surface area contributed by atoms with Crippen molar-refractivity contribution < 1.29 is 0 Å². The molecule has 0 aliphatic rings. The molecule has 0 aromatic carbocycles. The molecular weight excluding hydrogens is 238 g/mol. The minimum absolute atomic E-state index is 0.802. The minimum Gasteiger partial charge on any atom is -0.248 e. The third-order valence-electron chi connectivity index (χ3n) is 1.41. The third kappa shape index (κ3) is 1.73. The second-order valence-electron chi connectivity index (χ2n) is 2.32. The summed E-state index contributed by atoms with van der Waals surface area (Å²) in [6, 6.07) is 2.09. The Balaban J connectivity index is 2.14. The second kappa shape index (κ2) is 3.37. The maximum atomic E-state index is 4.02. The van der Waals surface area contributed by atoms with Crippen LogP contribution < -0.4 is 0 Å². The standard InChI is InChI=1S/C7H6BrN3S/c8-6-1-7(12-3-6)2-11-5-9-4-10-11/h1,3-5H,2H2. The van der Waals surface area contributed by atoms with Crippen molar-refractivity contribution in [3.05, 3.63) is 33.5 Å². The largest absolute Gasteiger partial charge is 0.248 e. The van der Waals surface area contributed by atoms with Crippen LogP contribution in [0.4, 0.5) is 0 Å². The van der Waals surface area contributed by atoms with Gasteiger partial charge < -0.3 is 0 Å². The number of halogens is 1. The molecule has 0 saturated carbocycles. The number of hydrogen-bond acceptors (Lipinski definition) is 3. The van der Waals surface area contributed by atoms with E-state index in [2.05, 4.69) is 37.5 Å². The quantitative estimate of drug-likeness (QED) is 0.810. The highest BCUT2D eigenvalue weighted by Crippen LogP contribution is 2.19. The van der Waals surface area contributed by atoms with Crippen molar-refractivity contribution in [3.8, 4) is 0 Å². The molecule has 0 atom stereocenters. The first-order valence-corrected chi connectivity index (χ1v) is 5.07. The van der Waals surface area contributed by atoms with Crippen LogP contribution >= 0.6 is 27.3 Å². The van der Waals surface area contributed by atoms with E-state index < -0.39 is 0 Å². The van der Waals surface area contributed by atoms with Gasteiger partial charge in [0.25, 0.3) is 0 Å². The fraction of sp³-hybridized carbons (Fsp3) is 0.143. The summed E-state index contributed by atoms with van der Waals surface area (Å²) >= 11 is 5.11. The Morgan fingerprint density at radius 1 is 1.58 bits per heavy atom. The normalized spacial score (nSPS) is 10.4. The summed E-state index contributed by atoms with van der Waals surface area (Å²) in [7, 11) is 0.